The van der Waals surface area contributed by atoms with Crippen LogP contribution in [0.25, 0.3) is 0 Å². The molecule has 0 saturated carbocycles. The third-order valence-corrected chi connectivity index (χ3v) is 5.40. The molecule has 1 atom stereocenters. The molecule has 162 valence electrons. The van der Waals surface area contributed by atoms with Crippen molar-refractivity contribution >= 4 is 11.6 Å². The molecule has 3 aromatic rings. The predicted octanol–water partition coefficient (Wildman–Crippen LogP) is 5.29. The van der Waals surface area contributed by atoms with E-state index in [0.717, 1.165) is 27.9 Å². The van der Waals surface area contributed by atoms with Crippen LogP contribution in [0, 0.1) is 20.8 Å². The summed E-state index contributed by atoms with van der Waals surface area (Å²) in [7, 11) is 1.94. The zero-order valence-electron chi connectivity index (χ0n) is 18.9. The zero-order valence-corrected chi connectivity index (χ0v) is 18.9. The van der Waals surface area contributed by atoms with Gasteiger partial charge in [-0.2, -0.15) is 0 Å². The Balaban J connectivity index is 1.56. The molecule has 31 heavy (non-hydrogen) atoms. The fourth-order valence-corrected chi connectivity index (χ4v) is 3.60. The molecule has 3 rings (SSSR count). The van der Waals surface area contributed by atoms with Gasteiger partial charge in [0.1, 0.15) is 6.10 Å². The number of para-hydroxylation sites is 1. The van der Waals surface area contributed by atoms with E-state index < -0.39 is 0 Å². The maximum absolute atomic E-state index is 12.5. The van der Waals surface area contributed by atoms with Gasteiger partial charge >= 0.3 is 0 Å². The molecule has 0 saturated heterocycles. The summed E-state index contributed by atoms with van der Waals surface area (Å²) in [6.45, 7) is 7.61. The number of benzene rings is 3. The van der Waals surface area contributed by atoms with E-state index in [-0.39, 0.29) is 12.0 Å². The van der Waals surface area contributed by atoms with Crippen LogP contribution in [0.1, 0.15) is 33.9 Å². The first-order valence-corrected chi connectivity index (χ1v) is 10.7. The van der Waals surface area contributed by atoms with Crippen LogP contribution in [0.2, 0.25) is 0 Å². The summed E-state index contributed by atoms with van der Waals surface area (Å²) >= 11 is 0. The second-order valence-electron chi connectivity index (χ2n) is 8.12. The van der Waals surface area contributed by atoms with Crippen molar-refractivity contribution in [1.29, 1.82) is 0 Å². The van der Waals surface area contributed by atoms with Crippen molar-refractivity contribution in [2.75, 3.05) is 32.1 Å². The maximum Gasteiger partial charge on any atom is 0.238 e. The summed E-state index contributed by atoms with van der Waals surface area (Å²) in [5, 5.41) is 3.04. The number of carbonyl (C=O) groups excluding carboxylic acids is 1. The van der Waals surface area contributed by atoms with Crippen LogP contribution in [0.4, 0.5) is 5.69 Å². The zero-order chi connectivity index (χ0) is 22.2. The van der Waals surface area contributed by atoms with Crippen molar-refractivity contribution in [3.05, 3.63) is 101 Å². The van der Waals surface area contributed by atoms with E-state index >= 15 is 0 Å². The van der Waals surface area contributed by atoms with Gasteiger partial charge in [0.25, 0.3) is 0 Å². The first-order chi connectivity index (χ1) is 14.9. The van der Waals surface area contributed by atoms with Gasteiger partial charge in [0.05, 0.1) is 13.2 Å². The minimum absolute atomic E-state index is 0.0157. The minimum atomic E-state index is -0.126. The number of rotatable bonds is 9. The van der Waals surface area contributed by atoms with Crippen molar-refractivity contribution in [2.45, 2.75) is 26.9 Å². The quantitative estimate of drug-likeness (QED) is 0.515. The monoisotopic (exact) mass is 416 g/mol. The van der Waals surface area contributed by atoms with Crippen LogP contribution in [0.15, 0.2) is 72.8 Å². The molecule has 0 aliphatic rings. The Morgan fingerprint density at radius 2 is 1.48 bits per heavy atom. The average molecular weight is 417 g/mol. The van der Waals surface area contributed by atoms with Crippen LogP contribution in [0.5, 0.6) is 0 Å². The van der Waals surface area contributed by atoms with Crippen molar-refractivity contribution < 1.29 is 9.53 Å². The molecule has 4 nitrogen and oxygen atoms in total. The van der Waals surface area contributed by atoms with Crippen molar-refractivity contribution in [3.8, 4) is 0 Å². The highest BCUT2D eigenvalue weighted by atomic mass is 16.5. The number of nitrogens with one attached hydrogen (secondary N) is 1. The predicted molar refractivity (Wildman–Crippen MR) is 127 cm³/mol. The Labute approximate surface area is 185 Å². The molecule has 3 aromatic carbocycles. The number of anilines is 1. The summed E-state index contributed by atoms with van der Waals surface area (Å²) in [5.74, 6) is -0.0157. The standard InChI is InChI=1S/C27H32N2O2/c1-20-13-15-24(16-14-20)27(23-11-6-5-7-12-23)31-18-17-29(4)19-25(30)28-26-21(2)9-8-10-22(26)3/h5-16,27H,17-19H2,1-4H3,(H,28,30). The molecule has 0 bridgehead atoms. The molecule has 1 N–H and O–H groups in total. The molecule has 0 spiro atoms. The Bertz CT molecular complexity index is 964. The topological polar surface area (TPSA) is 41.6 Å². The molecule has 1 unspecified atom stereocenters. The SMILES string of the molecule is Cc1ccc(C(OCCN(C)CC(=O)Nc2c(C)cccc2C)c2ccccc2)cc1. The number of aryl methyl sites for hydroxylation is 3. The van der Waals surface area contributed by atoms with Crippen molar-refractivity contribution in [2.24, 2.45) is 0 Å². The van der Waals surface area contributed by atoms with Crippen LogP contribution < -0.4 is 5.32 Å². The van der Waals surface area contributed by atoms with Gasteiger partial charge in [0, 0.05) is 12.2 Å². The lowest BCUT2D eigenvalue weighted by molar-refractivity contribution is -0.117. The number of ether oxygens (including phenoxy) is 1. The number of likely N-dealkylation sites (N-methyl/N-ethyl adjacent to an activating group) is 1. The van der Waals surface area contributed by atoms with Gasteiger partial charge in [-0.1, -0.05) is 78.4 Å². The summed E-state index contributed by atoms with van der Waals surface area (Å²) in [6.07, 6.45) is -0.126. The Kier molecular flexibility index (Phi) is 7.99. The lowest BCUT2D eigenvalue weighted by Gasteiger charge is -2.22. The lowest BCUT2D eigenvalue weighted by Crippen LogP contribution is -2.33. The van der Waals surface area contributed by atoms with Crippen LogP contribution in [-0.4, -0.2) is 37.6 Å². The van der Waals surface area contributed by atoms with Gasteiger partial charge < -0.3 is 10.1 Å². The molecule has 0 aliphatic carbocycles. The highest BCUT2D eigenvalue weighted by Crippen LogP contribution is 2.26. The smallest absolute Gasteiger partial charge is 0.238 e. The Hall–Kier alpha value is -2.95. The van der Waals surface area contributed by atoms with Gasteiger partial charge in [0.15, 0.2) is 0 Å². The minimum Gasteiger partial charge on any atom is -0.367 e. The van der Waals surface area contributed by atoms with E-state index in [1.807, 2.05) is 62.2 Å². The van der Waals surface area contributed by atoms with E-state index in [1.165, 1.54) is 5.56 Å². The van der Waals surface area contributed by atoms with E-state index in [9.17, 15) is 4.79 Å². The number of hydrogen-bond donors (Lipinski definition) is 1. The summed E-state index contributed by atoms with van der Waals surface area (Å²) < 4.78 is 6.29. The number of amides is 1. The number of nitrogens with zero attached hydrogens (tertiary/aromatic N) is 1. The van der Waals surface area contributed by atoms with Crippen LogP contribution >= 0.6 is 0 Å². The molecule has 0 aliphatic heterocycles. The average Bonchev–Trinajstić information content (AvgIpc) is 2.75. The first-order valence-electron chi connectivity index (χ1n) is 10.7. The first kappa shape index (κ1) is 22.7. The van der Waals surface area contributed by atoms with Crippen LogP contribution in [-0.2, 0) is 9.53 Å². The second kappa shape index (κ2) is 10.9. The van der Waals surface area contributed by atoms with Gasteiger partial charge in [-0.3, -0.25) is 9.69 Å². The summed E-state index contributed by atoms with van der Waals surface area (Å²) in [5.41, 5.74) is 6.53. The summed E-state index contributed by atoms with van der Waals surface area (Å²) in [4.78, 5) is 14.5. The third-order valence-electron chi connectivity index (χ3n) is 5.40. The molecule has 0 radical (unpaired) electrons. The third kappa shape index (κ3) is 6.51. The van der Waals surface area contributed by atoms with E-state index in [0.29, 0.717) is 19.7 Å². The van der Waals surface area contributed by atoms with E-state index in [1.54, 1.807) is 0 Å². The van der Waals surface area contributed by atoms with Gasteiger partial charge in [-0.15, -0.1) is 0 Å². The fourth-order valence-electron chi connectivity index (χ4n) is 3.60. The lowest BCUT2D eigenvalue weighted by atomic mass is 10.0. The molecule has 0 aromatic heterocycles. The van der Waals surface area contributed by atoms with E-state index in [4.69, 9.17) is 4.74 Å². The molecule has 1 amide bonds. The van der Waals surface area contributed by atoms with Crippen LogP contribution in [0.3, 0.4) is 0 Å². The number of hydrogen-bond acceptors (Lipinski definition) is 3. The number of carbonyl (C=O) groups is 1. The Morgan fingerprint density at radius 1 is 0.871 bits per heavy atom. The van der Waals surface area contributed by atoms with Gasteiger partial charge in [0.2, 0.25) is 5.91 Å². The largest absolute Gasteiger partial charge is 0.367 e. The second-order valence-corrected chi connectivity index (χ2v) is 8.12. The highest BCUT2D eigenvalue weighted by Gasteiger charge is 2.16. The molecule has 0 fully saturated rings. The summed E-state index contributed by atoms with van der Waals surface area (Å²) in [6, 6.07) is 24.7. The van der Waals surface area contributed by atoms with Crippen molar-refractivity contribution in [1.82, 2.24) is 4.90 Å². The molecular weight excluding hydrogens is 384 g/mol. The Morgan fingerprint density at radius 3 is 2.13 bits per heavy atom. The highest BCUT2D eigenvalue weighted by molar-refractivity contribution is 5.93. The fraction of sp³-hybridized carbons (Fsp3) is 0.296. The molecule has 0 heterocycles. The maximum atomic E-state index is 12.5. The van der Waals surface area contributed by atoms with Gasteiger partial charge in [-0.25, -0.2) is 0 Å². The van der Waals surface area contributed by atoms with E-state index in [2.05, 4.69) is 48.6 Å². The van der Waals surface area contributed by atoms with Gasteiger partial charge in [-0.05, 0) is 50.1 Å². The normalized spacial score (nSPS) is 12.0. The molecular formula is C27H32N2O2. The van der Waals surface area contributed by atoms with Crippen molar-refractivity contribution in [3.63, 3.8) is 0 Å². The molecule has 4 heteroatoms.